The first kappa shape index (κ1) is 17.1. The van der Waals surface area contributed by atoms with Crippen molar-refractivity contribution in [1.29, 1.82) is 0 Å². The molecule has 136 valence electrons. The van der Waals surface area contributed by atoms with Crippen LogP contribution in [-0.4, -0.2) is 24.8 Å². The van der Waals surface area contributed by atoms with Gasteiger partial charge in [0.1, 0.15) is 5.75 Å². The van der Waals surface area contributed by atoms with Crippen LogP contribution in [0, 0.1) is 0 Å². The Morgan fingerprint density at radius 1 is 1.19 bits per heavy atom. The molecular formula is C20H16N2O4S. The molecule has 1 amide bonds. The van der Waals surface area contributed by atoms with Crippen LogP contribution in [0.1, 0.15) is 5.56 Å². The average Bonchev–Trinajstić information content (AvgIpc) is 3.35. The summed E-state index contributed by atoms with van der Waals surface area (Å²) in [6.07, 6.45) is 3.18. The Hall–Kier alpha value is -3.32. The Morgan fingerprint density at radius 2 is 2.00 bits per heavy atom. The van der Waals surface area contributed by atoms with Gasteiger partial charge in [-0.05, 0) is 48.0 Å². The first-order valence-electron chi connectivity index (χ1n) is 8.20. The molecule has 0 atom stereocenters. The predicted molar refractivity (Wildman–Crippen MR) is 104 cm³/mol. The van der Waals surface area contributed by atoms with Crippen LogP contribution in [-0.2, 0) is 4.79 Å². The first-order valence-corrected chi connectivity index (χ1v) is 9.08. The van der Waals surface area contributed by atoms with Gasteiger partial charge in [-0.15, -0.1) is 11.3 Å². The molecule has 0 radical (unpaired) electrons. The zero-order valence-electron chi connectivity index (χ0n) is 14.5. The minimum Gasteiger partial charge on any atom is -0.497 e. The van der Waals surface area contributed by atoms with E-state index >= 15 is 0 Å². The molecule has 2 aromatic carbocycles. The maximum atomic E-state index is 12.1. The van der Waals surface area contributed by atoms with E-state index in [-0.39, 0.29) is 12.7 Å². The van der Waals surface area contributed by atoms with Crippen molar-refractivity contribution >= 4 is 28.5 Å². The third kappa shape index (κ3) is 3.93. The number of fused-ring (bicyclic) bond motifs is 1. The van der Waals surface area contributed by atoms with Crippen molar-refractivity contribution in [2.45, 2.75) is 0 Å². The summed E-state index contributed by atoms with van der Waals surface area (Å²) in [4.78, 5) is 16.6. The van der Waals surface area contributed by atoms with Crippen molar-refractivity contribution in [2.75, 3.05) is 19.2 Å². The molecule has 1 aromatic heterocycles. The molecule has 3 aromatic rings. The van der Waals surface area contributed by atoms with Gasteiger partial charge < -0.3 is 14.2 Å². The summed E-state index contributed by atoms with van der Waals surface area (Å²) in [6.45, 7) is 0.226. The summed E-state index contributed by atoms with van der Waals surface area (Å²) in [7, 11) is 1.63. The quantitative estimate of drug-likeness (QED) is 0.672. The number of amides is 1. The highest BCUT2D eigenvalue weighted by Crippen LogP contribution is 2.32. The number of hydrogen-bond acceptors (Lipinski definition) is 6. The number of nitrogens with one attached hydrogen (secondary N) is 1. The van der Waals surface area contributed by atoms with Crippen LogP contribution >= 0.6 is 11.3 Å². The van der Waals surface area contributed by atoms with Gasteiger partial charge in [0.2, 0.25) is 12.7 Å². The number of carbonyl (C=O) groups excluding carboxylic acids is 1. The van der Waals surface area contributed by atoms with Crippen molar-refractivity contribution in [3.8, 4) is 28.5 Å². The minimum atomic E-state index is -0.247. The van der Waals surface area contributed by atoms with Gasteiger partial charge in [0.05, 0.1) is 12.8 Å². The smallest absolute Gasteiger partial charge is 0.250 e. The van der Waals surface area contributed by atoms with E-state index in [4.69, 9.17) is 14.2 Å². The van der Waals surface area contributed by atoms with E-state index in [0.717, 1.165) is 22.6 Å². The maximum Gasteiger partial charge on any atom is 0.250 e. The van der Waals surface area contributed by atoms with Gasteiger partial charge in [0.15, 0.2) is 16.6 Å². The highest BCUT2D eigenvalue weighted by Gasteiger charge is 2.12. The molecule has 1 aliphatic rings. The zero-order chi connectivity index (χ0) is 18.6. The lowest BCUT2D eigenvalue weighted by molar-refractivity contribution is -0.111. The number of hydrogen-bond donors (Lipinski definition) is 1. The summed E-state index contributed by atoms with van der Waals surface area (Å²) in [6, 6.07) is 13.1. The molecule has 0 spiro atoms. The summed E-state index contributed by atoms with van der Waals surface area (Å²) in [5, 5.41) is 5.22. The standard InChI is InChI=1S/C20H16N2O4S/c1-24-15-6-4-14(5-7-15)16-11-27-20(21-16)22-19(23)9-3-13-2-8-17-18(10-13)26-12-25-17/h2-11H,12H2,1H3,(H,21,22,23). The Labute approximate surface area is 160 Å². The molecule has 7 heteroatoms. The molecule has 4 rings (SSSR count). The van der Waals surface area contributed by atoms with Crippen molar-refractivity contribution in [1.82, 2.24) is 4.98 Å². The Balaban J connectivity index is 1.40. The van der Waals surface area contributed by atoms with Gasteiger partial charge >= 0.3 is 0 Å². The number of carbonyl (C=O) groups is 1. The third-order valence-electron chi connectivity index (χ3n) is 3.94. The van der Waals surface area contributed by atoms with Gasteiger partial charge in [0.25, 0.3) is 0 Å². The second-order valence-electron chi connectivity index (χ2n) is 5.70. The van der Waals surface area contributed by atoms with Crippen molar-refractivity contribution in [3.05, 3.63) is 59.5 Å². The Kier molecular flexibility index (Phi) is 4.76. The molecule has 2 heterocycles. The fourth-order valence-electron chi connectivity index (χ4n) is 2.56. The molecule has 0 saturated heterocycles. The summed E-state index contributed by atoms with van der Waals surface area (Å²) in [5.74, 6) is 1.94. The molecule has 6 nitrogen and oxygen atoms in total. The number of benzene rings is 2. The fourth-order valence-corrected chi connectivity index (χ4v) is 3.28. The van der Waals surface area contributed by atoms with Crippen molar-refractivity contribution < 1.29 is 19.0 Å². The molecule has 0 saturated carbocycles. The molecule has 1 N–H and O–H groups in total. The maximum absolute atomic E-state index is 12.1. The van der Waals surface area contributed by atoms with Gasteiger partial charge in [-0.1, -0.05) is 6.07 Å². The van der Waals surface area contributed by atoms with Crippen molar-refractivity contribution in [3.63, 3.8) is 0 Å². The lowest BCUT2D eigenvalue weighted by Gasteiger charge is -2.00. The SMILES string of the molecule is COc1ccc(-c2csc(NC(=O)C=Cc3ccc4c(c3)OCO4)n2)cc1. The van der Waals surface area contributed by atoms with Crippen LogP contribution in [0.2, 0.25) is 0 Å². The molecule has 0 fully saturated rings. The molecule has 27 heavy (non-hydrogen) atoms. The normalized spacial score (nSPS) is 12.3. The monoisotopic (exact) mass is 380 g/mol. The second kappa shape index (κ2) is 7.51. The predicted octanol–water partition coefficient (Wildman–Crippen LogP) is 4.20. The average molecular weight is 380 g/mol. The Bertz CT molecular complexity index is 995. The Morgan fingerprint density at radius 3 is 2.81 bits per heavy atom. The topological polar surface area (TPSA) is 69.7 Å². The van der Waals surface area contributed by atoms with Gasteiger partial charge in [0, 0.05) is 17.0 Å². The van der Waals surface area contributed by atoms with E-state index in [1.807, 2.05) is 47.8 Å². The van der Waals surface area contributed by atoms with E-state index in [2.05, 4.69) is 10.3 Å². The highest BCUT2D eigenvalue weighted by molar-refractivity contribution is 7.14. The van der Waals surface area contributed by atoms with Gasteiger partial charge in [-0.3, -0.25) is 10.1 Å². The highest BCUT2D eigenvalue weighted by atomic mass is 32.1. The van der Waals surface area contributed by atoms with Crippen LogP contribution in [0.25, 0.3) is 17.3 Å². The first-order chi connectivity index (χ1) is 13.2. The number of rotatable bonds is 5. The zero-order valence-corrected chi connectivity index (χ0v) is 15.3. The number of thiazole rings is 1. The summed E-state index contributed by atoms with van der Waals surface area (Å²) in [5.41, 5.74) is 2.62. The van der Waals surface area contributed by atoms with E-state index in [0.29, 0.717) is 16.6 Å². The molecular weight excluding hydrogens is 364 g/mol. The third-order valence-corrected chi connectivity index (χ3v) is 4.70. The number of nitrogens with zero attached hydrogens (tertiary/aromatic N) is 1. The second-order valence-corrected chi connectivity index (χ2v) is 6.56. The molecule has 0 unspecified atom stereocenters. The van der Waals surface area contributed by atoms with Gasteiger partial charge in [-0.25, -0.2) is 4.98 Å². The lowest BCUT2D eigenvalue weighted by atomic mass is 10.2. The van der Waals surface area contributed by atoms with E-state index in [1.165, 1.54) is 17.4 Å². The van der Waals surface area contributed by atoms with Crippen LogP contribution in [0.5, 0.6) is 17.2 Å². The van der Waals surface area contributed by atoms with E-state index in [9.17, 15) is 4.79 Å². The number of methoxy groups -OCH3 is 1. The van der Waals surface area contributed by atoms with E-state index < -0.39 is 0 Å². The van der Waals surface area contributed by atoms with Crippen LogP contribution < -0.4 is 19.5 Å². The largest absolute Gasteiger partial charge is 0.497 e. The van der Waals surface area contributed by atoms with Crippen LogP contribution in [0.4, 0.5) is 5.13 Å². The number of aromatic nitrogens is 1. The molecule has 0 aliphatic carbocycles. The van der Waals surface area contributed by atoms with Crippen LogP contribution in [0.3, 0.4) is 0 Å². The summed E-state index contributed by atoms with van der Waals surface area (Å²) < 4.78 is 15.8. The van der Waals surface area contributed by atoms with Crippen molar-refractivity contribution in [2.24, 2.45) is 0 Å². The van der Waals surface area contributed by atoms with Gasteiger partial charge in [-0.2, -0.15) is 0 Å². The van der Waals surface area contributed by atoms with Crippen LogP contribution in [0.15, 0.2) is 53.9 Å². The lowest BCUT2D eigenvalue weighted by Crippen LogP contribution is -2.07. The molecule has 1 aliphatic heterocycles. The number of anilines is 1. The van der Waals surface area contributed by atoms with E-state index in [1.54, 1.807) is 13.2 Å². The molecule has 0 bridgehead atoms. The fraction of sp³-hybridized carbons (Fsp3) is 0.100. The minimum absolute atomic E-state index is 0.226. The summed E-state index contributed by atoms with van der Waals surface area (Å²) >= 11 is 1.38. The number of ether oxygens (including phenoxy) is 3.